The predicted octanol–water partition coefficient (Wildman–Crippen LogP) is 2.17. The van der Waals surface area contributed by atoms with Crippen LogP contribution in [0.25, 0.3) is 0 Å². The van der Waals surface area contributed by atoms with Crippen LogP contribution >= 0.6 is 23.4 Å². The molecule has 1 unspecified atom stereocenters. The summed E-state index contributed by atoms with van der Waals surface area (Å²) in [5.41, 5.74) is 5.48. The van der Waals surface area contributed by atoms with Crippen molar-refractivity contribution in [3.63, 3.8) is 0 Å². The second kappa shape index (κ2) is 4.70. The van der Waals surface area contributed by atoms with Crippen molar-refractivity contribution in [2.24, 2.45) is 5.73 Å². The molecule has 2 nitrogen and oxygen atoms in total. The van der Waals surface area contributed by atoms with Crippen LogP contribution in [0, 0.1) is 0 Å². The fraction of sp³-hybridized carbons (Fsp3) is 0.375. The molecule has 0 aliphatic rings. The van der Waals surface area contributed by atoms with E-state index in [2.05, 4.69) is 11.9 Å². The number of halogens is 1. The Hall–Kier alpha value is -0.250. The molecule has 12 heavy (non-hydrogen) atoms. The molecule has 0 aliphatic carbocycles. The molecule has 0 spiro atoms. The van der Waals surface area contributed by atoms with Crippen LogP contribution < -0.4 is 5.73 Å². The highest BCUT2D eigenvalue weighted by molar-refractivity contribution is 7.99. The average molecular weight is 203 g/mol. The van der Waals surface area contributed by atoms with E-state index in [-0.39, 0.29) is 0 Å². The van der Waals surface area contributed by atoms with Crippen LogP contribution in [0.4, 0.5) is 0 Å². The zero-order chi connectivity index (χ0) is 8.97. The highest BCUT2D eigenvalue weighted by atomic mass is 35.5. The fourth-order valence-electron chi connectivity index (χ4n) is 0.686. The third-order valence-electron chi connectivity index (χ3n) is 1.35. The first-order chi connectivity index (χ1) is 5.72. The van der Waals surface area contributed by atoms with Crippen molar-refractivity contribution in [1.82, 2.24) is 4.98 Å². The van der Waals surface area contributed by atoms with Crippen LogP contribution in [0.5, 0.6) is 0 Å². The summed E-state index contributed by atoms with van der Waals surface area (Å²) in [6.45, 7) is 2.73. The molecule has 4 heteroatoms. The maximum Gasteiger partial charge on any atom is 0.0964 e. The Kier molecular flexibility index (Phi) is 3.85. The quantitative estimate of drug-likeness (QED) is 0.764. The Labute approximate surface area is 81.5 Å². The predicted molar refractivity (Wildman–Crippen MR) is 53.6 cm³/mol. The highest BCUT2D eigenvalue weighted by Crippen LogP contribution is 2.20. The van der Waals surface area contributed by atoms with Crippen LogP contribution in [0.3, 0.4) is 0 Å². The van der Waals surface area contributed by atoms with Gasteiger partial charge in [0.05, 0.1) is 10.0 Å². The summed E-state index contributed by atoms with van der Waals surface area (Å²) in [6.07, 6.45) is 1.65. The SMILES string of the molecule is CC(CN)Sc1ccc(Cl)cn1. The Morgan fingerprint density at radius 2 is 2.42 bits per heavy atom. The molecule has 0 amide bonds. The van der Waals surface area contributed by atoms with Gasteiger partial charge in [0, 0.05) is 18.0 Å². The van der Waals surface area contributed by atoms with Gasteiger partial charge in [-0.2, -0.15) is 0 Å². The van der Waals surface area contributed by atoms with Crippen molar-refractivity contribution in [3.05, 3.63) is 23.4 Å². The van der Waals surface area contributed by atoms with Gasteiger partial charge in [-0.25, -0.2) is 4.98 Å². The Balaban J connectivity index is 2.58. The molecular formula is C8H11ClN2S. The van der Waals surface area contributed by atoms with E-state index in [4.69, 9.17) is 17.3 Å². The summed E-state index contributed by atoms with van der Waals surface area (Å²) in [7, 11) is 0. The van der Waals surface area contributed by atoms with E-state index in [1.54, 1.807) is 18.0 Å². The van der Waals surface area contributed by atoms with Gasteiger partial charge in [-0.05, 0) is 12.1 Å². The minimum atomic E-state index is 0.402. The van der Waals surface area contributed by atoms with Crippen molar-refractivity contribution in [2.75, 3.05) is 6.54 Å². The molecule has 1 aromatic rings. The van der Waals surface area contributed by atoms with Crippen molar-refractivity contribution < 1.29 is 0 Å². The topological polar surface area (TPSA) is 38.9 Å². The molecule has 66 valence electrons. The largest absolute Gasteiger partial charge is 0.329 e. The zero-order valence-electron chi connectivity index (χ0n) is 6.83. The van der Waals surface area contributed by atoms with E-state index in [1.807, 2.05) is 12.1 Å². The molecule has 0 fully saturated rings. The minimum Gasteiger partial charge on any atom is -0.329 e. The highest BCUT2D eigenvalue weighted by Gasteiger charge is 2.02. The monoisotopic (exact) mass is 202 g/mol. The maximum absolute atomic E-state index is 5.69. The maximum atomic E-state index is 5.69. The summed E-state index contributed by atoms with van der Waals surface area (Å²) in [5, 5.41) is 2.04. The smallest absolute Gasteiger partial charge is 0.0964 e. The standard InChI is InChI=1S/C8H11ClN2S/c1-6(4-10)12-8-3-2-7(9)5-11-8/h2-3,5-6H,4,10H2,1H3. The fourth-order valence-corrected chi connectivity index (χ4v) is 1.57. The number of hydrogen-bond donors (Lipinski definition) is 1. The van der Waals surface area contributed by atoms with Crippen molar-refractivity contribution >= 4 is 23.4 Å². The molecule has 0 aliphatic heterocycles. The number of nitrogens with zero attached hydrogens (tertiary/aromatic N) is 1. The molecule has 0 radical (unpaired) electrons. The van der Waals surface area contributed by atoms with Gasteiger partial charge >= 0.3 is 0 Å². The molecule has 1 heterocycles. The van der Waals surface area contributed by atoms with Crippen molar-refractivity contribution in [1.29, 1.82) is 0 Å². The normalized spacial score (nSPS) is 12.9. The molecular weight excluding hydrogens is 192 g/mol. The average Bonchev–Trinajstić information content (AvgIpc) is 2.09. The van der Waals surface area contributed by atoms with Crippen LogP contribution in [0.15, 0.2) is 23.4 Å². The third-order valence-corrected chi connectivity index (χ3v) is 2.66. The second-order valence-electron chi connectivity index (χ2n) is 2.48. The van der Waals surface area contributed by atoms with Crippen LogP contribution in [0.1, 0.15) is 6.92 Å². The lowest BCUT2D eigenvalue weighted by Gasteiger charge is -2.06. The summed E-state index contributed by atoms with van der Waals surface area (Å²) >= 11 is 7.34. The molecule has 1 rings (SSSR count). The molecule has 2 N–H and O–H groups in total. The molecule has 1 atom stereocenters. The number of rotatable bonds is 3. The van der Waals surface area contributed by atoms with Gasteiger partial charge in [0.1, 0.15) is 0 Å². The first-order valence-electron chi connectivity index (χ1n) is 3.70. The van der Waals surface area contributed by atoms with E-state index < -0.39 is 0 Å². The van der Waals surface area contributed by atoms with E-state index >= 15 is 0 Å². The van der Waals surface area contributed by atoms with Gasteiger partial charge in [0.15, 0.2) is 0 Å². The van der Waals surface area contributed by atoms with Gasteiger partial charge < -0.3 is 5.73 Å². The van der Waals surface area contributed by atoms with Crippen LogP contribution in [0.2, 0.25) is 5.02 Å². The zero-order valence-corrected chi connectivity index (χ0v) is 8.40. The van der Waals surface area contributed by atoms with E-state index in [9.17, 15) is 0 Å². The lowest BCUT2D eigenvalue weighted by atomic mass is 10.5. The van der Waals surface area contributed by atoms with E-state index in [0.29, 0.717) is 16.8 Å². The van der Waals surface area contributed by atoms with Gasteiger partial charge in [-0.3, -0.25) is 0 Å². The van der Waals surface area contributed by atoms with Crippen LogP contribution in [-0.2, 0) is 0 Å². The molecule has 0 aromatic carbocycles. The Bertz CT molecular complexity index is 237. The summed E-state index contributed by atoms with van der Waals surface area (Å²) < 4.78 is 0. The van der Waals surface area contributed by atoms with Crippen LogP contribution in [-0.4, -0.2) is 16.8 Å². The van der Waals surface area contributed by atoms with Gasteiger partial charge in [-0.1, -0.05) is 18.5 Å². The van der Waals surface area contributed by atoms with Gasteiger partial charge in [0.25, 0.3) is 0 Å². The Morgan fingerprint density at radius 1 is 1.67 bits per heavy atom. The number of aromatic nitrogens is 1. The van der Waals surface area contributed by atoms with Gasteiger partial charge in [0.2, 0.25) is 0 Å². The molecule has 0 saturated carbocycles. The van der Waals surface area contributed by atoms with Crippen molar-refractivity contribution in [3.8, 4) is 0 Å². The molecule has 0 saturated heterocycles. The van der Waals surface area contributed by atoms with E-state index in [0.717, 1.165) is 5.03 Å². The number of hydrogen-bond acceptors (Lipinski definition) is 3. The van der Waals surface area contributed by atoms with Gasteiger partial charge in [-0.15, -0.1) is 11.8 Å². The third kappa shape index (κ3) is 3.01. The first kappa shape index (κ1) is 9.84. The van der Waals surface area contributed by atoms with Crippen molar-refractivity contribution in [2.45, 2.75) is 17.2 Å². The Morgan fingerprint density at radius 3 is 2.92 bits per heavy atom. The lowest BCUT2D eigenvalue weighted by molar-refractivity contribution is 0.945. The second-order valence-corrected chi connectivity index (χ2v) is 4.37. The first-order valence-corrected chi connectivity index (χ1v) is 4.96. The summed E-state index contributed by atoms with van der Waals surface area (Å²) in [4.78, 5) is 4.14. The minimum absolute atomic E-state index is 0.402. The summed E-state index contributed by atoms with van der Waals surface area (Å²) in [5.74, 6) is 0. The number of thioether (sulfide) groups is 1. The number of nitrogens with two attached hydrogens (primary N) is 1. The molecule has 1 aromatic heterocycles. The lowest BCUT2D eigenvalue weighted by Crippen LogP contribution is -2.12. The summed E-state index contributed by atoms with van der Waals surface area (Å²) in [6, 6.07) is 3.74. The van der Waals surface area contributed by atoms with E-state index in [1.165, 1.54) is 0 Å². The number of pyridine rings is 1. The molecule has 0 bridgehead atoms.